The molecule has 2 atom stereocenters. The molecule has 0 saturated carbocycles. The van der Waals surface area contributed by atoms with E-state index in [0.29, 0.717) is 12.0 Å². The molecule has 0 bridgehead atoms. The Morgan fingerprint density at radius 3 is 2.88 bits per heavy atom. The Hall–Kier alpha value is -0.0400. The first kappa shape index (κ1) is 6.09. The van der Waals surface area contributed by atoms with Crippen LogP contribution >= 0.6 is 0 Å². The third kappa shape index (κ3) is 1.83. The van der Waals surface area contributed by atoms with Crippen molar-refractivity contribution in [3.63, 3.8) is 0 Å². The highest BCUT2D eigenvalue weighted by Gasteiger charge is 2.23. The standard InChI is InChI=1S/C7H13O/c1-3-6(2)4-7-5-8-7/h6-7H,2-5H2,1H3. The molecule has 1 nitrogen and oxygen atoms in total. The molecule has 8 heavy (non-hydrogen) atoms. The second kappa shape index (κ2) is 2.49. The normalized spacial score (nSPS) is 30.0. The minimum absolute atomic E-state index is 0.567. The monoisotopic (exact) mass is 113 g/mol. The average molecular weight is 113 g/mol. The van der Waals surface area contributed by atoms with E-state index in [2.05, 4.69) is 13.8 Å². The molecule has 1 heteroatoms. The number of rotatable bonds is 3. The van der Waals surface area contributed by atoms with E-state index >= 15 is 0 Å². The summed E-state index contributed by atoms with van der Waals surface area (Å²) in [6, 6.07) is 0. The minimum Gasteiger partial charge on any atom is -0.373 e. The summed E-state index contributed by atoms with van der Waals surface area (Å²) in [5, 5.41) is 0. The van der Waals surface area contributed by atoms with Gasteiger partial charge in [0.1, 0.15) is 0 Å². The predicted octanol–water partition coefficient (Wildman–Crippen LogP) is 1.64. The van der Waals surface area contributed by atoms with Crippen LogP contribution in [0.15, 0.2) is 0 Å². The van der Waals surface area contributed by atoms with Crippen LogP contribution in [0.25, 0.3) is 0 Å². The van der Waals surface area contributed by atoms with Crippen LogP contribution in [-0.4, -0.2) is 12.7 Å². The minimum atomic E-state index is 0.567. The van der Waals surface area contributed by atoms with Crippen molar-refractivity contribution in [3.8, 4) is 0 Å². The van der Waals surface area contributed by atoms with Crippen LogP contribution in [0.4, 0.5) is 0 Å². The van der Waals surface area contributed by atoms with Gasteiger partial charge < -0.3 is 4.74 Å². The van der Waals surface area contributed by atoms with Gasteiger partial charge in [0.25, 0.3) is 0 Å². The molecule has 47 valence electrons. The maximum absolute atomic E-state index is 5.04. The molecule has 1 rings (SSSR count). The van der Waals surface area contributed by atoms with Gasteiger partial charge in [0.2, 0.25) is 0 Å². The topological polar surface area (TPSA) is 12.5 Å². The lowest BCUT2D eigenvalue weighted by atomic mass is 10.0. The largest absolute Gasteiger partial charge is 0.373 e. The quantitative estimate of drug-likeness (QED) is 0.507. The maximum atomic E-state index is 5.04. The summed E-state index contributed by atoms with van der Waals surface area (Å²) in [5.74, 6) is 0.613. The molecule has 1 heterocycles. The highest BCUT2D eigenvalue weighted by atomic mass is 16.6. The van der Waals surface area contributed by atoms with Crippen LogP contribution in [0.2, 0.25) is 0 Å². The summed E-state index contributed by atoms with van der Waals surface area (Å²) in [7, 11) is 0. The highest BCUT2D eigenvalue weighted by molar-refractivity contribution is 4.74. The molecule has 1 radical (unpaired) electrons. The van der Waals surface area contributed by atoms with Crippen LogP contribution in [0.1, 0.15) is 19.8 Å². The Morgan fingerprint density at radius 1 is 1.88 bits per heavy atom. The molecule has 0 spiro atoms. The van der Waals surface area contributed by atoms with Crippen molar-refractivity contribution in [2.24, 2.45) is 5.92 Å². The molecular weight excluding hydrogens is 100 g/mol. The number of ether oxygens (including phenoxy) is 1. The second-order valence-electron chi connectivity index (χ2n) is 2.47. The van der Waals surface area contributed by atoms with Gasteiger partial charge in [-0.05, 0) is 12.3 Å². The third-order valence-electron chi connectivity index (χ3n) is 1.58. The summed E-state index contributed by atoms with van der Waals surface area (Å²) in [6.07, 6.45) is 2.91. The lowest BCUT2D eigenvalue weighted by molar-refractivity contribution is 0.369. The first-order valence-electron chi connectivity index (χ1n) is 3.27. The molecule has 0 aromatic heterocycles. The van der Waals surface area contributed by atoms with E-state index in [-0.39, 0.29) is 0 Å². The summed E-state index contributed by atoms with van der Waals surface area (Å²) in [5.41, 5.74) is 0. The second-order valence-corrected chi connectivity index (χ2v) is 2.47. The zero-order valence-electron chi connectivity index (χ0n) is 5.39. The molecule has 0 aliphatic carbocycles. The van der Waals surface area contributed by atoms with Gasteiger partial charge in [-0.25, -0.2) is 0 Å². The van der Waals surface area contributed by atoms with Crippen LogP contribution in [0, 0.1) is 12.8 Å². The number of epoxide rings is 1. The summed E-state index contributed by atoms with van der Waals surface area (Å²) in [4.78, 5) is 0. The van der Waals surface area contributed by atoms with Crippen molar-refractivity contribution in [1.29, 1.82) is 0 Å². The molecule has 1 aliphatic heterocycles. The lowest BCUT2D eigenvalue weighted by Gasteiger charge is -2.02. The van der Waals surface area contributed by atoms with Crippen molar-refractivity contribution in [2.75, 3.05) is 6.61 Å². The summed E-state index contributed by atoms with van der Waals surface area (Å²) < 4.78 is 5.04. The van der Waals surface area contributed by atoms with Crippen LogP contribution in [0.3, 0.4) is 0 Å². The fourth-order valence-electron chi connectivity index (χ4n) is 0.743. The van der Waals surface area contributed by atoms with Gasteiger partial charge in [-0.15, -0.1) is 0 Å². The van der Waals surface area contributed by atoms with Crippen molar-refractivity contribution in [3.05, 3.63) is 6.92 Å². The van der Waals surface area contributed by atoms with E-state index in [1.165, 1.54) is 6.42 Å². The summed E-state index contributed by atoms with van der Waals surface area (Å²) >= 11 is 0. The van der Waals surface area contributed by atoms with E-state index < -0.39 is 0 Å². The van der Waals surface area contributed by atoms with E-state index in [9.17, 15) is 0 Å². The lowest BCUT2D eigenvalue weighted by Crippen LogP contribution is -1.96. The SMILES string of the molecule is [CH2]C(CC)CC1CO1. The molecule has 0 N–H and O–H groups in total. The first-order chi connectivity index (χ1) is 3.83. The number of hydrogen-bond donors (Lipinski definition) is 0. The van der Waals surface area contributed by atoms with E-state index in [1.807, 2.05) is 0 Å². The van der Waals surface area contributed by atoms with Crippen molar-refractivity contribution < 1.29 is 4.74 Å². The van der Waals surface area contributed by atoms with Crippen molar-refractivity contribution >= 4 is 0 Å². The highest BCUT2D eigenvalue weighted by Crippen LogP contribution is 2.20. The smallest absolute Gasteiger partial charge is 0.0812 e. The zero-order chi connectivity index (χ0) is 5.98. The Balaban J connectivity index is 1.98. The van der Waals surface area contributed by atoms with Crippen LogP contribution in [-0.2, 0) is 4.74 Å². The Labute approximate surface area is 51.0 Å². The summed E-state index contributed by atoms with van der Waals surface area (Å²) in [6.45, 7) is 7.10. The van der Waals surface area contributed by atoms with Crippen molar-refractivity contribution in [2.45, 2.75) is 25.9 Å². The van der Waals surface area contributed by atoms with Gasteiger partial charge in [0, 0.05) is 0 Å². The Morgan fingerprint density at radius 2 is 2.50 bits per heavy atom. The van der Waals surface area contributed by atoms with E-state index in [1.54, 1.807) is 0 Å². The van der Waals surface area contributed by atoms with E-state index in [4.69, 9.17) is 4.74 Å². The molecule has 1 fully saturated rings. The van der Waals surface area contributed by atoms with Gasteiger partial charge >= 0.3 is 0 Å². The molecule has 0 aromatic carbocycles. The Bertz CT molecular complexity index is 66.8. The number of hydrogen-bond acceptors (Lipinski definition) is 1. The fourth-order valence-corrected chi connectivity index (χ4v) is 0.743. The van der Waals surface area contributed by atoms with Gasteiger partial charge in [-0.3, -0.25) is 0 Å². The van der Waals surface area contributed by atoms with Gasteiger partial charge in [0.15, 0.2) is 0 Å². The average Bonchev–Trinajstić information content (AvgIpc) is 2.50. The third-order valence-corrected chi connectivity index (χ3v) is 1.58. The predicted molar refractivity (Wildman–Crippen MR) is 33.5 cm³/mol. The molecule has 0 aromatic rings. The van der Waals surface area contributed by atoms with Gasteiger partial charge in [0.05, 0.1) is 12.7 Å². The van der Waals surface area contributed by atoms with Gasteiger partial charge in [-0.2, -0.15) is 0 Å². The zero-order valence-corrected chi connectivity index (χ0v) is 5.39. The van der Waals surface area contributed by atoms with Crippen LogP contribution < -0.4 is 0 Å². The molecule has 2 unspecified atom stereocenters. The van der Waals surface area contributed by atoms with E-state index in [0.717, 1.165) is 13.0 Å². The maximum Gasteiger partial charge on any atom is 0.0812 e. The molecule has 1 saturated heterocycles. The molecule has 0 amide bonds. The fraction of sp³-hybridized carbons (Fsp3) is 0.857. The molecular formula is C7H13O. The molecule has 1 aliphatic rings. The first-order valence-corrected chi connectivity index (χ1v) is 3.27. The Kier molecular flexibility index (Phi) is 1.90. The van der Waals surface area contributed by atoms with Crippen molar-refractivity contribution in [1.82, 2.24) is 0 Å². The van der Waals surface area contributed by atoms with Crippen LogP contribution in [0.5, 0.6) is 0 Å². The van der Waals surface area contributed by atoms with Gasteiger partial charge in [-0.1, -0.05) is 20.3 Å².